The molecule has 1 atom stereocenters. The molecule has 18 heavy (non-hydrogen) atoms. The number of amides is 1. The van der Waals surface area contributed by atoms with Crippen LogP contribution < -0.4 is 5.32 Å². The molecule has 0 aliphatic carbocycles. The molecule has 0 aliphatic heterocycles. The number of aliphatic hydroxyl groups excluding tert-OH is 1. The molecule has 0 saturated heterocycles. The maximum absolute atomic E-state index is 11.5. The summed E-state index contributed by atoms with van der Waals surface area (Å²) in [4.78, 5) is 24.3. The van der Waals surface area contributed by atoms with Crippen LogP contribution in [0.1, 0.15) is 6.92 Å². The Hall–Kier alpha value is -1.18. The molecule has 7 nitrogen and oxygen atoms in total. The summed E-state index contributed by atoms with van der Waals surface area (Å²) in [5.74, 6) is -0.813. The zero-order valence-corrected chi connectivity index (χ0v) is 11.1. The lowest BCUT2D eigenvalue weighted by Gasteiger charge is -2.25. The third-order valence-electron chi connectivity index (χ3n) is 2.33. The van der Waals surface area contributed by atoms with E-state index in [4.69, 9.17) is 9.84 Å². The molecule has 1 unspecified atom stereocenters. The first-order valence-electron chi connectivity index (χ1n) is 5.72. The van der Waals surface area contributed by atoms with Crippen molar-refractivity contribution >= 4 is 11.9 Å². The van der Waals surface area contributed by atoms with Crippen molar-refractivity contribution in [3.63, 3.8) is 0 Å². The van der Waals surface area contributed by atoms with E-state index in [-0.39, 0.29) is 19.1 Å². The van der Waals surface area contributed by atoms with E-state index >= 15 is 0 Å². The third-order valence-corrected chi connectivity index (χ3v) is 2.33. The molecule has 0 aliphatic rings. The Labute approximate surface area is 107 Å². The van der Waals surface area contributed by atoms with E-state index in [2.05, 4.69) is 10.1 Å². The highest BCUT2D eigenvalue weighted by atomic mass is 16.5. The lowest BCUT2D eigenvalue weighted by atomic mass is 10.2. The van der Waals surface area contributed by atoms with Crippen molar-refractivity contribution in [2.75, 3.05) is 47.1 Å². The zero-order valence-electron chi connectivity index (χ0n) is 11.1. The number of hydrogen-bond donors (Lipinski definition) is 2. The monoisotopic (exact) mass is 262 g/mol. The quantitative estimate of drug-likeness (QED) is 0.497. The Morgan fingerprint density at radius 1 is 1.33 bits per heavy atom. The molecule has 0 spiro atoms. The second-order valence-electron chi connectivity index (χ2n) is 3.79. The van der Waals surface area contributed by atoms with Crippen LogP contribution in [-0.4, -0.2) is 75.0 Å². The number of hydrogen-bond acceptors (Lipinski definition) is 6. The molecule has 0 aromatic heterocycles. The van der Waals surface area contributed by atoms with Gasteiger partial charge in [-0.2, -0.15) is 0 Å². The molecule has 0 aromatic carbocycles. The predicted molar refractivity (Wildman–Crippen MR) is 65.0 cm³/mol. The summed E-state index contributed by atoms with van der Waals surface area (Å²) in [6.07, 6.45) is 0. The van der Waals surface area contributed by atoms with Crippen molar-refractivity contribution in [3.05, 3.63) is 0 Å². The molecule has 106 valence electrons. The van der Waals surface area contributed by atoms with Crippen LogP contribution >= 0.6 is 0 Å². The molecule has 0 radical (unpaired) electrons. The summed E-state index contributed by atoms with van der Waals surface area (Å²) in [5, 5.41) is 11.5. The molecule has 7 heteroatoms. The van der Waals surface area contributed by atoms with Crippen LogP contribution in [0, 0.1) is 0 Å². The molecule has 0 saturated carbocycles. The van der Waals surface area contributed by atoms with Crippen LogP contribution in [0.4, 0.5) is 0 Å². The van der Waals surface area contributed by atoms with Crippen molar-refractivity contribution in [2.45, 2.75) is 13.0 Å². The van der Waals surface area contributed by atoms with Gasteiger partial charge in [-0.15, -0.1) is 0 Å². The highest BCUT2D eigenvalue weighted by Crippen LogP contribution is 1.96. The van der Waals surface area contributed by atoms with Gasteiger partial charge in [0, 0.05) is 33.7 Å². The first-order chi connectivity index (χ1) is 8.54. The number of ether oxygens (including phenoxy) is 2. The van der Waals surface area contributed by atoms with Gasteiger partial charge in [-0.05, 0) is 0 Å². The normalized spacial score (nSPS) is 12.3. The second kappa shape index (κ2) is 9.81. The minimum Gasteiger partial charge on any atom is -0.467 e. The van der Waals surface area contributed by atoms with E-state index in [1.807, 2.05) is 4.90 Å². The van der Waals surface area contributed by atoms with Crippen LogP contribution in [-0.2, 0) is 19.1 Å². The maximum atomic E-state index is 11.5. The topological polar surface area (TPSA) is 88.1 Å². The zero-order chi connectivity index (χ0) is 14.0. The van der Waals surface area contributed by atoms with E-state index in [1.165, 1.54) is 14.0 Å². The van der Waals surface area contributed by atoms with Crippen molar-refractivity contribution < 1.29 is 24.2 Å². The van der Waals surface area contributed by atoms with Gasteiger partial charge < -0.3 is 19.9 Å². The Balaban J connectivity index is 4.46. The van der Waals surface area contributed by atoms with Gasteiger partial charge in [0.25, 0.3) is 0 Å². The Bertz CT molecular complexity index is 260. The largest absolute Gasteiger partial charge is 0.467 e. The minimum atomic E-state index is -0.740. The molecule has 0 bridgehead atoms. The Kier molecular flexibility index (Phi) is 9.17. The number of methoxy groups -OCH3 is 2. The number of nitrogens with one attached hydrogen (secondary N) is 1. The van der Waals surface area contributed by atoms with E-state index in [0.717, 1.165) is 0 Å². The SMILES string of the molecule is COCCN(CCO)CC(NC(C)=O)C(=O)OC. The number of carbonyl (C=O) groups excluding carboxylic acids is 2. The molecule has 0 fully saturated rings. The van der Waals surface area contributed by atoms with Crippen molar-refractivity contribution in [1.82, 2.24) is 10.2 Å². The van der Waals surface area contributed by atoms with Crippen LogP contribution in [0.25, 0.3) is 0 Å². The van der Waals surface area contributed by atoms with Crippen LogP contribution in [0.2, 0.25) is 0 Å². The number of nitrogens with zero attached hydrogens (tertiary/aromatic N) is 1. The van der Waals surface area contributed by atoms with E-state index in [0.29, 0.717) is 19.7 Å². The van der Waals surface area contributed by atoms with Crippen molar-refractivity contribution in [2.24, 2.45) is 0 Å². The lowest BCUT2D eigenvalue weighted by molar-refractivity contribution is -0.145. The lowest BCUT2D eigenvalue weighted by Crippen LogP contribution is -2.49. The smallest absolute Gasteiger partial charge is 0.329 e. The second-order valence-corrected chi connectivity index (χ2v) is 3.79. The molecule has 0 heterocycles. The van der Waals surface area contributed by atoms with Crippen molar-refractivity contribution in [3.8, 4) is 0 Å². The summed E-state index contributed by atoms with van der Waals surface area (Å²) in [6, 6.07) is -0.740. The summed E-state index contributed by atoms with van der Waals surface area (Å²) < 4.78 is 9.56. The van der Waals surface area contributed by atoms with Gasteiger partial charge in [0.05, 0.1) is 20.3 Å². The van der Waals surface area contributed by atoms with Gasteiger partial charge >= 0.3 is 5.97 Å². The predicted octanol–water partition coefficient (Wildman–Crippen LogP) is -1.40. The van der Waals surface area contributed by atoms with Gasteiger partial charge in [0.1, 0.15) is 6.04 Å². The van der Waals surface area contributed by atoms with Gasteiger partial charge in [0.2, 0.25) is 5.91 Å². The first kappa shape index (κ1) is 16.8. The van der Waals surface area contributed by atoms with Gasteiger partial charge in [-0.25, -0.2) is 4.79 Å². The van der Waals surface area contributed by atoms with Gasteiger partial charge in [0.15, 0.2) is 0 Å². The van der Waals surface area contributed by atoms with E-state index < -0.39 is 12.0 Å². The van der Waals surface area contributed by atoms with Gasteiger partial charge in [-0.3, -0.25) is 9.69 Å². The molecule has 1 amide bonds. The van der Waals surface area contributed by atoms with Crippen LogP contribution in [0.15, 0.2) is 0 Å². The standard InChI is InChI=1S/C11H22N2O5/c1-9(15)12-10(11(16)18-3)8-13(4-6-14)5-7-17-2/h10,14H,4-8H2,1-3H3,(H,12,15). The van der Waals surface area contributed by atoms with Crippen LogP contribution in [0.5, 0.6) is 0 Å². The number of aliphatic hydroxyl groups is 1. The maximum Gasteiger partial charge on any atom is 0.329 e. The fourth-order valence-electron chi connectivity index (χ4n) is 1.48. The summed E-state index contributed by atoms with van der Waals surface area (Å²) >= 11 is 0. The van der Waals surface area contributed by atoms with E-state index in [9.17, 15) is 9.59 Å². The highest BCUT2D eigenvalue weighted by Gasteiger charge is 2.22. The molecule has 0 rings (SSSR count). The molecular formula is C11H22N2O5. The van der Waals surface area contributed by atoms with Crippen molar-refractivity contribution in [1.29, 1.82) is 0 Å². The highest BCUT2D eigenvalue weighted by molar-refractivity contribution is 5.83. The molecular weight excluding hydrogens is 240 g/mol. The number of esters is 1. The number of rotatable bonds is 9. The number of carbonyl (C=O) groups is 2. The Morgan fingerprint density at radius 3 is 2.44 bits per heavy atom. The molecule has 2 N–H and O–H groups in total. The minimum absolute atomic E-state index is 0.0301. The van der Waals surface area contributed by atoms with Gasteiger partial charge in [-0.1, -0.05) is 0 Å². The average Bonchev–Trinajstić information content (AvgIpc) is 2.33. The fourth-order valence-corrected chi connectivity index (χ4v) is 1.48. The molecule has 0 aromatic rings. The average molecular weight is 262 g/mol. The summed E-state index contributed by atoms with van der Waals surface area (Å²) in [7, 11) is 2.84. The van der Waals surface area contributed by atoms with E-state index in [1.54, 1.807) is 7.11 Å². The Morgan fingerprint density at radius 2 is 2.00 bits per heavy atom. The third kappa shape index (κ3) is 7.21. The summed E-state index contributed by atoms with van der Waals surface area (Å²) in [6.45, 7) is 3.02. The summed E-state index contributed by atoms with van der Waals surface area (Å²) in [5.41, 5.74) is 0. The van der Waals surface area contributed by atoms with Crippen LogP contribution in [0.3, 0.4) is 0 Å². The fraction of sp³-hybridized carbons (Fsp3) is 0.818. The first-order valence-corrected chi connectivity index (χ1v) is 5.72.